The van der Waals surface area contributed by atoms with Gasteiger partial charge < -0.3 is 19.9 Å². The summed E-state index contributed by atoms with van der Waals surface area (Å²) in [6.45, 7) is 6.37. The number of hydrogen-bond donors (Lipinski definition) is 2. The minimum absolute atomic E-state index is 0.0886. The number of carbonyl (C=O) groups excluding carboxylic acids is 2. The predicted octanol–water partition coefficient (Wildman–Crippen LogP) is 3.74. The first kappa shape index (κ1) is 23.3. The zero-order valence-electron chi connectivity index (χ0n) is 18.6. The fraction of sp³-hybridized carbons (Fsp3) is 0.304. The molecule has 2 aromatic carbocycles. The number of hydrogen-bond acceptors (Lipinski definition) is 6. The Hall–Kier alpha value is -3.33. The molecule has 2 amide bonds. The normalized spacial score (nSPS) is 10.6. The lowest BCUT2D eigenvalue weighted by Crippen LogP contribution is -2.18. The van der Waals surface area contributed by atoms with Crippen molar-refractivity contribution in [2.45, 2.75) is 32.3 Å². The second-order valence-electron chi connectivity index (χ2n) is 7.27. The zero-order chi connectivity index (χ0) is 23.1. The molecule has 1 aromatic heterocycles. The molecule has 0 radical (unpaired) electrons. The van der Waals surface area contributed by atoms with E-state index in [4.69, 9.17) is 4.74 Å². The fourth-order valence-electron chi connectivity index (χ4n) is 3.08. The standard InChI is InChI=1S/C23H27N5O3S/c1-5-31-19-9-7-6-8-18(19)25-22(30)14-32-23-27-26-20(28(23)4)13-21(29)24-17-11-10-15(2)12-16(17)3/h6-12H,5,13-14H2,1-4H3,(H,24,29)(H,25,30). The molecule has 0 aliphatic heterocycles. The van der Waals surface area contributed by atoms with E-state index in [-0.39, 0.29) is 24.0 Å². The number of aromatic nitrogens is 3. The summed E-state index contributed by atoms with van der Waals surface area (Å²) in [6, 6.07) is 13.2. The molecule has 0 unspecified atom stereocenters. The van der Waals surface area contributed by atoms with Crippen molar-refractivity contribution in [1.29, 1.82) is 0 Å². The first-order chi connectivity index (χ1) is 15.4. The molecule has 2 N–H and O–H groups in total. The second-order valence-corrected chi connectivity index (χ2v) is 8.21. The van der Waals surface area contributed by atoms with Crippen LogP contribution in [0.4, 0.5) is 11.4 Å². The van der Waals surface area contributed by atoms with Crippen LogP contribution in [-0.2, 0) is 23.1 Å². The number of ether oxygens (including phenoxy) is 1. The van der Waals surface area contributed by atoms with Gasteiger partial charge >= 0.3 is 0 Å². The number of nitrogens with zero attached hydrogens (tertiary/aromatic N) is 3. The first-order valence-electron chi connectivity index (χ1n) is 10.3. The summed E-state index contributed by atoms with van der Waals surface area (Å²) in [5.41, 5.74) is 3.55. The lowest BCUT2D eigenvalue weighted by molar-refractivity contribution is -0.116. The number of benzene rings is 2. The Morgan fingerprint density at radius 1 is 1.03 bits per heavy atom. The van der Waals surface area contributed by atoms with Crippen molar-refractivity contribution in [2.75, 3.05) is 23.0 Å². The van der Waals surface area contributed by atoms with Crippen LogP contribution in [0.2, 0.25) is 0 Å². The van der Waals surface area contributed by atoms with E-state index >= 15 is 0 Å². The van der Waals surface area contributed by atoms with Crippen molar-refractivity contribution in [3.63, 3.8) is 0 Å². The van der Waals surface area contributed by atoms with E-state index in [1.54, 1.807) is 17.7 Å². The number of nitrogens with one attached hydrogen (secondary N) is 2. The van der Waals surface area contributed by atoms with Gasteiger partial charge in [0.05, 0.1) is 24.5 Å². The van der Waals surface area contributed by atoms with Crippen LogP contribution in [0.25, 0.3) is 0 Å². The molecule has 32 heavy (non-hydrogen) atoms. The van der Waals surface area contributed by atoms with Gasteiger partial charge in [-0.3, -0.25) is 9.59 Å². The molecule has 9 heteroatoms. The monoisotopic (exact) mass is 453 g/mol. The Balaban J connectivity index is 1.55. The molecule has 0 aliphatic rings. The van der Waals surface area contributed by atoms with Crippen LogP contribution in [0.1, 0.15) is 23.9 Å². The van der Waals surface area contributed by atoms with E-state index in [1.807, 2.05) is 57.2 Å². The summed E-state index contributed by atoms with van der Waals surface area (Å²) in [7, 11) is 1.78. The van der Waals surface area contributed by atoms with Crippen LogP contribution >= 0.6 is 11.8 Å². The quantitative estimate of drug-likeness (QED) is 0.479. The molecule has 0 fully saturated rings. The molecule has 0 atom stereocenters. The maximum absolute atomic E-state index is 12.5. The topological polar surface area (TPSA) is 98.1 Å². The second kappa shape index (κ2) is 10.8. The zero-order valence-corrected chi connectivity index (χ0v) is 19.5. The molecular weight excluding hydrogens is 426 g/mol. The van der Waals surface area contributed by atoms with Crippen molar-refractivity contribution in [1.82, 2.24) is 14.8 Å². The van der Waals surface area contributed by atoms with Gasteiger partial charge in [-0.2, -0.15) is 0 Å². The summed E-state index contributed by atoms with van der Waals surface area (Å²) in [4.78, 5) is 24.8. The maximum Gasteiger partial charge on any atom is 0.234 e. The summed E-state index contributed by atoms with van der Waals surface area (Å²) >= 11 is 1.25. The molecule has 8 nitrogen and oxygen atoms in total. The van der Waals surface area contributed by atoms with Gasteiger partial charge in [-0.15, -0.1) is 10.2 Å². The van der Waals surface area contributed by atoms with Crippen LogP contribution in [0.5, 0.6) is 5.75 Å². The third-order valence-corrected chi connectivity index (χ3v) is 5.71. The smallest absolute Gasteiger partial charge is 0.234 e. The number of anilines is 2. The summed E-state index contributed by atoms with van der Waals surface area (Å²) in [5, 5.41) is 14.6. The number of amides is 2. The molecule has 1 heterocycles. The van der Waals surface area contributed by atoms with Gasteiger partial charge in [0.25, 0.3) is 0 Å². The predicted molar refractivity (Wildman–Crippen MR) is 126 cm³/mol. The Kier molecular flexibility index (Phi) is 7.88. The lowest BCUT2D eigenvalue weighted by Gasteiger charge is -2.11. The van der Waals surface area contributed by atoms with Gasteiger partial charge in [-0.05, 0) is 44.5 Å². The van der Waals surface area contributed by atoms with E-state index in [9.17, 15) is 9.59 Å². The molecule has 0 spiro atoms. The van der Waals surface area contributed by atoms with Crippen molar-refractivity contribution >= 4 is 35.0 Å². The Morgan fingerprint density at radius 2 is 1.78 bits per heavy atom. The van der Waals surface area contributed by atoms with Crippen LogP contribution in [-0.4, -0.2) is 38.9 Å². The van der Waals surface area contributed by atoms with Crippen molar-refractivity contribution in [2.24, 2.45) is 7.05 Å². The van der Waals surface area contributed by atoms with Gasteiger partial charge in [0.2, 0.25) is 11.8 Å². The Labute approximate surface area is 191 Å². The summed E-state index contributed by atoms with van der Waals surface area (Å²) in [5.74, 6) is 0.954. The van der Waals surface area contributed by atoms with Gasteiger partial charge in [0.15, 0.2) is 5.16 Å². The molecule has 3 rings (SSSR count). The van der Waals surface area contributed by atoms with Gasteiger partial charge in [-0.1, -0.05) is 41.6 Å². The third-order valence-electron chi connectivity index (χ3n) is 4.69. The Morgan fingerprint density at radius 3 is 2.53 bits per heavy atom. The van der Waals surface area contributed by atoms with E-state index in [0.717, 1.165) is 16.8 Å². The van der Waals surface area contributed by atoms with Crippen molar-refractivity contribution in [3.8, 4) is 5.75 Å². The molecular formula is C23H27N5O3S. The number of rotatable bonds is 9. The van der Waals surface area contributed by atoms with Crippen molar-refractivity contribution in [3.05, 3.63) is 59.4 Å². The van der Waals surface area contributed by atoms with E-state index in [0.29, 0.717) is 29.0 Å². The lowest BCUT2D eigenvalue weighted by atomic mass is 10.1. The highest BCUT2D eigenvalue weighted by atomic mass is 32.2. The largest absolute Gasteiger partial charge is 0.492 e. The number of carbonyl (C=O) groups is 2. The minimum atomic E-state index is -0.181. The molecule has 0 saturated carbocycles. The number of thioether (sulfide) groups is 1. The summed E-state index contributed by atoms with van der Waals surface area (Å²) in [6.07, 6.45) is 0.0886. The molecule has 0 aliphatic carbocycles. The summed E-state index contributed by atoms with van der Waals surface area (Å²) < 4.78 is 7.26. The third kappa shape index (κ3) is 6.10. The maximum atomic E-state index is 12.5. The highest BCUT2D eigenvalue weighted by Crippen LogP contribution is 2.24. The number of para-hydroxylation sites is 2. The van der Waals surface area contributed by atoms with E-state index < -0.39 is 0 Å². The Bertz CT molecular complexity index is 1110. The van der Waals surface area contributed by atoms with Crippen LogP contribution in [0, 0.1) is 13.8 Å². The SMILES string of the molecule is CCOc1ccccc1NC(=O)CSc1nnc(CC(=O)Nc2ccc(C)cc2C)n1C. The highest BCUT2D eigenvalue weighted by Gasteiger charge is 2.16. The molecule has 168 valence electrons. The van der Waals surface area contributed by atoms with E-state index in [2.05, 4.69) is 20.8 Å². The number of aryl methyl sites for hydroxylation is 2. The molecule has 0 saturated heterocycles. The van der Waals surface area contributed by atoms with Crippen LogP contribution in [0.3, 0.4) is 0 Å². The van der Waals surface area contributed by atoms with E-state index in [1.165, 1.54) is 11.8 Å². The first-order valence-corrected chi connectivity index (χ1v) is 11.3. The van der Waals surface area contributed by atoms with Crippen molar-refractivity contribution < 1.29 is 14.3 Å². The molecule has 3 aromatic rings. The van der Waals surface area contributed by atoms with Crippen LogP contribution in [0.15, 0.2) is 47.6 Å². The van der Waals surface area contributed by atoms with Gasteiger partial charge in [0, 0.05) is 12.7 Å². The fourth-order valence-corrected chi connectivity index (χ4v) is 3.81. The average Bonchev–Trinajstić information content (AvgIpc) is 3.09. The van der Waals surface area contributed by atoms with Crippen LogP contribution < -0.4 is 15.4 Å². The minimum Gasteiger partial charge on any atom is -0.492 e. The highest BCUT2D eigenvalue weighted by molar-refractivity contribution is 7.99. The van der Waals surface area contributed by atoms with Gasteiger partial charge in [0.1, 0.15) is 11.6 Å². The molecule has 0 bridgehead atoms. The average molecular weight is 454 g/mol. The van der Waals surface area contributed by atoms with Gasteiger partial charge in [-0.25, -0.2) is 0 Å².